The zero-order valence-corrected chi connectivity index (χ0v) is 22.0. The number of rotatable bonds is 6. The molecule has 0 atom stereocenters. The second-order valence-corrected chi connectivity index (χ2v) is 9.94. The van der Waals surface area contributed by atoms with Gasteiger partial charge in [0.05, 0.1) is 16.9 Å². The summed E-state index contributed by atoms with van der Waals surface area (Å²) in [6.45, 7) is 1.73. The smallest absolute Gasteiger partial charge is 0.372 e. The molecule has 1 saturated heterocycles. The van der Waals surface area contributed by atoms with E-state index in [0.717, 1.165) is 55.7 Å². The molecule has 2 N–H and O–H groups in total. The van der Waals surface area contributed by atoms with E-state index in [0.29, 0.717) is 22.0 Å². The van der Waals surface area contributed by atoms with Gasteiger partial charge in [-0.15, -0.1) is 0 Å². The fourth-order valence-electron chi connectivity index (χ4n) is 4.74. The number of nitrogens with zero attached hydrogens (tertiary/aromatic N) is 1. The van der Waals surface area contributed by atoms with Gasteiger partial charge in [-0.2, -0.15) is 13.2 Å². The maximum Gasteiger partial charge on any atom is 0.416 e. The quantitative estimate of drug-likeness (QED) is 0.182. The van der Waals surface area contributed by atoms with Crippen LogP contribution in [-0.4, -0.2) is 29.8 Å². The van der Waals surface area contributed by atoms with E-state index in [1.54, 1.807) is 30.3 Å². The van der Waals surface area contributed by atoms with Gasteiger partial charge in [0.1, 0.15) is 0 Å². The molecular weight excluding hydrogens is 559 g/mol. The Morgan fingerprint density at radius 3 is 2.47 bits per heavy atom. The molecule has 5 rings (SSSR count). The number of hydrogen-bond donors (Lipinski definition) is 2. The SMILES string of the molecule is O=C(Nc1ccc(N2CCCCC2)cc1C(=O)c1cc2ccc(C(F)(F)F)cc2[nH]1)c1cccc(CBr)c1. The Morgan fingerprint density at radius 2 is 1.74 bits per heavy atom. The zero-order valence-electron chi connectivity index (χ0n) is 20.4. The Labute approximate surface area is 226 Å². The van der Waals surface area contributed by atoms with E-state index >= 15 is 0 Å². The number of alkyl halides is 4. The van der Waals surface area contributed by atoms with Gasteiger partial charge in [-0.3, -0.25) is 9.59 Å². The molecule has 0 bridgehead atoms. The Bertz CT molecular complexity index is 1510. The first-order valence-electron chi connectivity index (χ1n) is 12.3. The Hall–Kier alpha value is -3.59. The summed E-state index contributed by atoms with van der Waals surface area (Å²) < 4.78 is 39.6. The van der Waals surface area contributed by atoms with E-state index < -0.39 is 17.5 Å². The summed E-state index contributed by atoms with van der Waals surface area (Å²) in [5.41, 5.74) is 2.41. The summed E-state index contributed by atoms with van der Waals surface area (Å²) >= 11 is 3.39. The lowest BCUT2D eigenvalue weighted by atomic mass is 10.0. The van der Waals surface area contributed by atoms with Crippen LogP contribution in [-0.2, 0) is 11.5 Å². The molecule has 4 aromatic rings. The fraction of sp³-hybridized carbons (Fsp3) is 0.241. The maximum atomic E-state index is 13.7. The number of H-pyrrole nitrogens is 1. The number of aromatic amines is 1. The lowest BCUT2D eigenvalue weighted by molar-refractivity contribution is -0.137. The van der Waals surface area contributed by atoms with Crippen molar-refractivity contribution in [1.29, 1.82) is 0 Å². The third-order valence-corrected chi connectivity index (χ3v) is 7.40. The van der Waals surface area contributed by atoms with Gasteiger partial charge in [0.25, 0.3) is 5.91 Å². The molecule has 0 radical (unpaired) electrons. The van der Waals surface area contributed by atoms with Crippen molar-refractivity contribution in [2.75, 3.05) is 23.3 Å². The van der Waals surface area contributed by atoms with E-state index in [1.807, 2.05) is 12.1 Å². The van der Waals surface area contributed by atoms with Crippen molar-refractivity contribution in [2.45, 2.75) is 30.8 Å². The van der Waals surface area contributed by atoms with Gasteiger partial charge in [-0.25, -0.2) is 0 Å². The molecule has 38 heavy (non-hydrogen) atoms. The minimum atomic E-state index is -4.49. The van der Waals surface area contributed by atoms with Gasteiger partial charge < -0.3 is 15.2 Å². The van der Waals surface area contributed by atoms with Gasteiger partial charge in [0, 0.05) is 46.1 Å². The predicted octanol–water partition coefficient (Wildman–Crippen LogP) is 7.56. The van der Waals surface area contributed by atoms with Crippen LogP contribution >= 0.6 is 15.9 Å². The standard InChI is InChI=1S/C29H25BrF3N3O2/c30-17-18-5-4-6-20(13-18)28(38)35-24-10-9-22(36-11-2-1-3-12-36)16-23(24)27(37)26-14-19-7-8-21(29(31,32)33)15-25(19)34-26/h4-10,13-16,34H,1-3,11-12,17H2,(H,35,38). The number of aromatic nitrogens is 1. The van der Waals surface area contributed by atoms with Crippen LogP contribution in [0.1, 0.15) is 56.8 Å². The summed E-state index contributed by atoms with van der Waals surface area (Å²) in [6, 6.07) is 17.4. The van der Waals surface area contributed by atoms with Crippen LogP contribution in [0.5, 0.6) is 0 Å². The lowest BCUT2D eigenvalue weighted by Crippen LogP contribution is -2.29. The van der Waals surface area contributed by atoms with Crippen LogP contribution < -0.4 is 10.2 Å². The zero-order chi connectivity index (χ0) is 26.9. The highest BCUT2D eigenvalue weighted by Gasteiger charge is 2.31. The maximum absolute atomic E-state index is 13.7. The Balaban J connectivity index is 1.52. The molecule has 0 spiro atoms. The number of carbonyl (C=O) groups excluding carboxylic acids is 2. The molecule has 196 valence electrons. The van der Waals surface area contributed by atoms with Crippen LogP contribution in [0.4, 0.5) is 24.5 Å². The Kier molecular flexibility index (Phi) is 7.29. The average molecular weight is 584 g/mol. The summed E-state index contributed by atoms with van der Waals surface area (Å²) in [6.07, 6.45) is -1.24. The Morgan fingerprint density at radius 1 is 0.947 bits per heavy atom. The van der Waals surface area contributed by atoms with Gasteiger partial charge in [-0.1, -0.05) is 34.1 Å². The number of carbonyl (C=O) groups is 2. The number of nitrogens with one attached hydrogen (secondary N) is 2. The van der Waals surface area contributed by atoms with Crippen molar-refractivity contribution < 1.29 is 22.8 Å². The van der Waals surface area contributed by atoms with Crippen molar-refractivity contribution in [3.8, 4) is 0 Å². The molecule has 0 unspecified atom stereocenters. The van der Waals surface area contributed by atoms with Crippen molar-refractivity contribution in [3.63, 3.8) is 0 Å². The predicted molar refractivity (Wildman–Crippen MR) is 146 cm³/mol. The van der Waals surface area contributed by atoms with E-state index in [2.05, 4.69) is 31.1 Å². The van der Waals surface area contributed by atoms with E-state index in [9.17, 15) is 22.8 Å². The van der Waals surface area contributed by atoms with Crippen LogP contribution in [0, 0.1) is 0 Å². The molecule has 0 aliphatic carbocycles. The van der Waals surface area contributed by atoms with E-state index in [1.165, 1.54) is 12.1 Å². The molecule has 2 heterocycles. The van der Waals surface area contributed by atoms with Crippen LogP contribution in [0.2, 0.25) is 0 Å². The molecule has 3 aromatic carbocycles. The summed E-state index contributed by atoms with van der Waals surface area (Å²) in [5, 5.41) is 3.95. The van der Waals surface area contributed by atoms with Crippen molar-refractivity contribution in [1.82, 2.24) is 4.98 Å². The molecule has 5 nitrogen and oxygen atoms in total. The van der Waals surface area contributed by atoms with Gasteiger partial charge in [0.15, 0.2) is 0 Å². The highest BCUT2D eigenvalue weighted by atomic mass is 79.9. The van der Waals surface area contributed by atoms with Crippen LogP contribution in [0.15, 0.2) is 66.7 Å². The fourth-order valence-corrected chi connectivity index (χ4v) is 5.09. The normalized spacial score (nSPS) is 14.1. The molecular formula is C29H25BrF3N3O2. The number of ketones is 1. The minimum absolute atomic E-state index is 0.145. The summed E-state index contributed by atoms with van der Waals surface area (Å²) in [4.78, 5) is 31.9. The summed E-state index contributed by atoms with van der Waals surface area (Å²) in [5.74, 6) is -0.780. The van der Waals surface area contributed by atoms with Crippen molar-refractivity contribution in [2.24, 2.45) is 0 Å². The lowest BCUT2D eigenvalue weighted by Gasteiger charge is -2.29. The molecule has 1 amide bonds. The van der Waals surface area contributed by atoms with Gasteiger partial charge >= 0.3 is 6.18 Å². The molecule has 1 aliphatic rings. The first kappa shape index (κ1) is 26.0. The monoisotopic (exact) mass is 583 g/mol. The van der Waals surface area contributed by atoms with Crippen LogP contribution in [0.3, 0.4) is 0 Å². The topological polar surface area (TPSA) is 65.2 Å². The second kappa shape index (κ2) is 10.6. The number of anilines is 2. The number of amides is 1. The number of benzene rings is 3. The summed E-state index contributed by atoms with van der Waals surface area (Å²) in [7, 11) is 0. The average Bonchev–Trinajstić information content (AvgIpc) is 3.36. The van der Waals surface area contributed by atoms with Gasteiger partial charge in [0.2, 0.25) is 5.78 Å². The molecule has 9 heteroatoms. The second-order valence-electron chi connectivity index (χ2n) is 9.38. The number of fused-ring (bicyclic) bond motifs is 1. The van der Waals surface area contributed by atoms with Crippen molar-refractivity contribution in [3.05, 3.63) is 94.7 Å². The largest absolute Gasteiger partial charge is 0.416 e. The third kappa shape index (κ3) is 5.48. The minimum Gasteiger partial charge on any atom is -0.372 e. The first-order chi connectivity index (χ1) is 18.2. The van der Waals surface area contributed by atoms with E-state index in [-0.39, 0.29) is 22.7 Å². The van der Waals surface area contributed by atoms with Gasteiger partial charge in [-0.05, 0) is 73.4 Å². The number of halogens is 4. The third-order valence-electron chi connectivity index (χ3n) is 6.76. The first-order valence-corrected chi connectivity index (χ1v) is 13.4. The highest BCUT2D eigenvalue weighted by Crippen LogP contribution is 2.33. The number of hydrogen-bond acceptors (Lipinski definition) is 3. The van der Waals surface area contributed by atoms with Crippen molar-refractivity contribution >= 4 is 49.9 Å². The molecule has 1 aliphatic heterocycles. The number of piperidine rings is 1. The molecule has 1 aromatic heterocycles. The molecule has 1 fully saturated rings. The molecule has 0 saturated carbocycles. The van der Waals surface area contributed by atoms with E-state index in [4.69, 9.17) is 0 Å². The van der Waals surface area contributed by atoms with Crippen LogP contribution in [0.25, 0.3) is 10.9 Å². The highest BCUT2D eigenvalue weighted by molar-refractivity contribution is 9.08.